The van der Waals surface area contributed by atoms with Crippen molar-refractivity contribution in [3.8, 4) is 5.75 Å². The summed E-state index contributed by atoms with van der Waals surface area (Å²) in [5.74, 6) is -2.75. The van der Waals surface area contributed by atoms with E-state index in [0.717, 1.165) is 6.42 Å². The average Bonchev–Trinajstić information content (AvgIpc) is 3.79. The molecular formula is C37H55N7O6. The highest BCUT2D eigenvalue weighted by atomic mass is 16.3. The molecule has 13 heteroatoms. The van der Waals surface area contributed by atoms with Gasteiger partial charge in [-0.3, -0.25) is 24.0 Å². The number of nitrogens with one attached hydrogen (secondary N) is 4. The van der Waals surface area contributed by atoms with Gasteiger partial charge in [0, 0.05) is 42.9 Å². The molecule has 0 radical (unpaired) electrons. The van der Waals surface area contributed by atoms with Crippen LogP contribution in [0.15, 0.2) is 49.1 Å². The lowest BCUT2D eigenvalue weighted by Gasteiger charge is -2.32. The number of phenolic OH excluding ortho intramolecular Hbond substituents is 1. The highest BCUT2D eigenvalue weighted by Crippen LogP contribution is 2.26. The van der Waals surface area contributed by atoms with Crippen LogP contribution in [-0.2, 0) is 36.8 Å². The lowest BCUT2D eigenvalue weighted by atomic mass is 9.84. The van der Waals surface area contributed by atoms with Crippen molar-refractivity contribution in [1.82, 2.24) is 30.8 Å². The van der Waals surface area contributed by atoms with E-state index in [1.807, 2.05) is 27.7 Å². The predicted molar refractivity (Wildman–Crippen MR) is 190 cm³/mol. The van der Waals surface area contributed by atoms with Crippen molar-refractivity contribution < 1.29 is 29.1 Å². The Balaban J connectivity index is 1.86. The van der Waals surface area contributed by atoms with Crippen molar-refractivity contribution in [2.24, 2.45) is 23.5 Å². The Morgan fingerprint density at radius 1 is 1.02 bits per heavy atom. The number of hydrogen-bond donors (Lipinski definition) is 6. The van der Waals surface area contributed by atoms with Crippen molar-refractivity contribution in [3.63, 3.8) is 0 Å². The first-order valence-electron chi connectivity index (χ1n) is 17.5. The minimum Gasteiger partial charge on any atom is -0.508 e. The van der Waals surface area contributed by atoms with Gasteiger partial charge >= 0.3 is 0 Å². The Labute approximate surface area is 295 Å². The number of aromatic nitrogens is 2. The maximum Gasteiger partial charge on any atom is 0.246 e. The molecule has 7 N–H and O–H groups in total. The summed E-state index contributed by atoms with van der Waals surface area (Å²) in [7, 11) is 0. The molecule has 0 aliphatic carbocycles. The first-order chi connectivity index (χ1) is 23.6. The van der Waals surface area contributed by atoms with Crippen molar-refractivity contribution in [2.75, 3.05) is 6.54 Å². The van der Waals surface area contributed by atoms with E-state index in [9.17, 15) is 29.1 Å². The minimum absolute atomic E-state index is 0.0512. The summed E-state index contributed by atoms with van der Waals surface area (Å²) < 4.78 is 0. The van der Waals surface area contributed by atoms with E-state index in [2.05, 4.69) is 32.5 Å². The molecule has 1 unspecified atom stereocenters. The largest absolute Gasteiger partial charge is 0.508 e. The number of likely N-dealkylation sites (tertiary alicyclic amines) is 1. The summed E-state index contributed by atoms with van der Waals surface area (Å²) in [6.45, 7) is 15.2. The summed E-state index contributed by atoms with van der Waals surface area (Å²) >= 11 is 0. The average molecular weight is 694 g/mol. The molecule has 13 nitrogen and oxygen atoms in total. The molecule has 1 aliphatic heterocycles. The molecule has 1 fully saturated rings. The molecule has 0 spiro atoms. The number of nitrogens with two attached hydrogens (primary N) is 1. The van der Waals surface area contributed by atoms with E-state index in [-0.39, 0.29) is 60.4 Å². The monoisotopic (exact) mass is 693 g/mol. The number of amides is 3. The molecular weight excluding hydrogens is 638 g/mol. The molecule has 2 heterocycles. The van der Waals surface area contributed by atoms with Gasteiger partial charge in [-0.1, -0.05) is 52.8 Å². The van der Waals surface area contributed by atoms with Crippen molar-refractivity contribution in [2.45, 2.75) is 110 Å². The molecule has 1 aliphatic rings. The quantitative estimate of drug-likeness (QED) is 0.128. The molecule has 1 saturated heterocycles. The number of hydrogen-bond acceptors (Lipinski definition) is 9. The van der Waals surface area contributed by atoms with Crippen molar-refractivity contribution in [3.05, 3.63) is 60.3 Å². The first-order valence-corrected chi connectivity index (χ1v) is 17.5. The van der Waals surface area contributed by atoms with Crippen LogP contribution in [0.25, 0.3) is 0 Å². The van der Waals surface area contributed by atoms with Gasteiger partial charge in [0.05, 0.1) is 30.5 Å². The van der Waals surface area contributed by atoms with E-state index in [1.165, 1.54) is 25.4 Å². The molecule has 274 valence electrons. The zero-order valence-electron chi connectivity index (χ0n) is 30.2. The number of carbonyl (C=O) groups excluding carboxylic acids is 5. The number of phenols is 1. The van der Waals surface area contributed by atoms with Crippen LogP contribution < -0.4 is 21.7 Å². The number of Topliss-reactive ketones (excluding diaryl/α,β-unsaturated/α-hetero) is 2. The Morgan fingerprint density at radius 3 is 2.26 bits per heavy atom. The Hall–Kier alpha value is -4.52. The molecule has 3 rings (SSSR count). The molecule has 0 bridgehead atoms. The van der Waals surface area contributed by atoms with Gasteiger partial charge in [-0.05, 0) is 62.6 Å². The fourth-order valence-corrected chi connectivity index (χ4v) is 6.04. The van der Waals surface area contributed by atoms with E-state index in [1.54, 1.807) is 30.2 Å². The summed E-state index contributed by atoms with van der Waals surface area (Å²) in [6.07, 6.45) is 5.18. The van der Waals surface area contributed by atoms with Gasteiger partial charge in [-0.25, -0.2) is 4.98 Å². The lowest BCUT2D eigenvalue weighted by Crippen LogP contribution is -2.54. The highest BCUT2D eigenvalue weighted by molar-refractivity contribution is 5.95. The van der Waals surface area contributed by atoms with Crippen LogP contribution in [0.5, 0.6) is 5.75 Å². The normalized spacial score (nSPS) is 18.0. The number of rotatable bonds is 19. The molecule has 50 heavy (non-hydrogen) atoms. The van der Waals surface area contributed by atoms with E-state index < -0.39 is 41.9 Å². The molecule has 1 aromatic carbocycles. The number of carbonyl (C=O) groups is 5. The number of H-pyrrole nitrogens is 1. The van der Waals surface area contributed by atoms with E-state index in [0.29, 0.717) is 36.3 Å². The smallest absolute Gasteiger partial charge is 0.246 e. The number of imidazole rings is 1. The van der Waals surface area contributed by atoms with Crippen LogP contribution in [0.2, 0.25) is 0 Å². The summed E-state index contributed by atoms with van der Waals surface area (Å²) in [6, 6.07) is 2.75. The van der Waals surface area contributed by atoms with Crippen LogP contribution >= 0.6 is 0 Å². The summed E-state index contributed by atoms with van der Waals surface area (Å²) in [5, 5.41) is 18.7. The molecule has 2 aromatic rings. The van der Waals surface area contributed by atoms with Crippen LogP contribution in [0.1, 0.15) is 78.5 Å². The maximum absolute atomic E-state index is 14.2. The van der Waals surface area contributed by atoms with Gasteiger partial charge < -0.3 is 36.7 Å². The van der Waals surface area contributed by atoms with Crippen molar-refractivity contribution >= 4 is 29.3 Å². The summed E-state index contributed by atoms with van der Waals surface area (Å²) in [5.41, 5.74) is 8.03. The second-order valence-corrected chi connectivity index (χ2v) is 13.9. The molecule has 0 saturated carbocycles. The first kappa shape index (κ1) is 39.9. The number of nitrogens with zero attached hydrogens (tertiary/aromatic N) is 2. The maximum atomic E-state index is 14.2. The van der Waals surface area contributed by atoms with Crippen LogP contribution in [0.4, 0.5) is 0 Å². The predicted octanol–water partition coefficient (Wildman–Crippen LogP) is 2.55. The van der Waals surface area contributed by atoms with Crippen LogP contribution in [0, 0.1) is 17.8 Å². The van der Waals surface area contributed by atoms with Gasteiger partial charge in [0.15, 0.2) is 11.6 Å². The molecule has 1 aromatic heterocycles. The number of benzene rings is 1. The Kier molecular flexibility index (Phi) is 14.7. The summed E-state index contributed by atoms with van der Waals surface area (Å²) in [4.78, 5) is 76.0. The van der Waals surface area contributed by atoms with Gasteiger partial charge in [0.1, 0.15) is 11.8 Å². The standard InChI is InChI=1S/C37H55N7O6/c1-8-22(4)29(18-33(47)30(42-36(49)34(38)21(2)3)16-26-11-13-28(46)14-12-26)35(48)43-31(17-27-19-39-20-40-27)37(50)44-15-9-10-32(44)24(6)41-23(5)25(7)45/h11-14,19-23,29-32,34,41,46H,6,8-10,15-18,38H2,1-5,7H3,(H,39,40)(H,42,49)(H,43,48)/t22?,23-,29+,30+,31+,32+,34+/m1/s1. The van der Waals surface area contributed by atoms with Gasteiger partial charge in [-0.2, -0.15) is 0 Å². The zero-order valence-corrected chi connectivity index (χ0v) is 30.2. The number of aromatic amines is 1. The number of ketones is 2. The second-order valence-electron chi connectivity index (χ2n) is 13.9. The minimum atomic E-state index is -0.972. The van der Waals surface area contributed by atoms with E-state index >= 15 is 0 Å². The zero-order chi connectivity index (χ0) is 37.1. The van der Waals surface area contributed by atoms with Gasteiger partial charge in [0.25, 0.3) is 0 Å². The van der Waals surface area contributed by atoms with Gasteiger partial charge in [-0.15, -0.1) is 0 Å². The topological polar surface area (TPSA) is 200 Å². The fraction of sp³-hybridized carbons (Fsp3) is 0.568. The second kappa shape index (κ2) is 18.5. The van der Waals surface area contributed by atoms with Crippen LogP contribution in [-0.4, -0.2) is 86.0 Å². The molecule has 7 atom stereocenters. The SMILES string of the molecule is C=C(N[C@H](C)C(C)=O)[C@@H]1CCCN1C(=O)[C@H](Cc1cnc[nH]1)NC(=O)[C@@H](CC(=O)[C@H](Cc1ccc(O)cc1)NC(=O)[C@@H](N)C(C)C)C(C)CC. The fourth-order valence-electron chi connectivity index (χ4n) is 6.04. The Bertz CT molecular complexity index is 1480. The van der Waals surface area contributed by atoms with Gasteiger partial charge in [0.2, 0.25) is 17.7 Å². The van der Waals surface area contributed by atoms with Crippen LogP contribution in [0.3, 0.4) is 0 Å². The highest BCUT2D eigenvalue weighted by Gasteiger charge is 2.38. The third-order valence-electron chi connectivity index (χ3n) is 9.73. The Morgan fingerprint density at radius 2 is 1.68 bits per heavy atom. The lowest BCUT2D eigenvalue weighted by molar-refractivity contribution is -0.139. The van der Waals surface area contributed by atoms with E-state index in [4.69, 9.17) is 5.73 Å². The third kappa shape index (κ3) is 11.0. The number of aromatic hydroxyl groups is 1. The van der Waals surface area contributed by atoms with Crippen molar-refractivity contribution in [1.29, 1.82) is 0 Å². The molecule has 3 amide bonds. The third-order valence-corrected chi connectivity index (χ3v) is 9.73.